The van der Waals surface area contributed by atoms with Crippen molar-refractivity contribution in [2.24, 2.45) is 23.7 Å². The van der Waals surface area contributed by atoms with Gasteiger partial charge in [0.05, 0.1) is 12.0 Å². The van der Waals surface area contributed by atoms with Crippen LogP contribution < -0.4 is 5.32 Å². The highest BCUT2D eigenvalue weighted by Crippen LogP contribution is 2.24. The third-order valence-electron chi connectivity index (χ3n) is 7.13. The Morgan fingerprint density at radius 3 is 2.35 bits per heavy atom. The molecule has 4 atom stereocenters. The summed E-state index contributed by atoms with van der Waals surface area (Å²) in [7, 11) is 0. The van der Waals surface area contributed by atoms with E-state index in [1.165, 1.54) is 0 Å². The highest BCUT2D eigenvalue weighted by molar-refractivity contribution is 5.93. The first kappa shape index (κ1) is 30.8. The molecule has 0 unspecified atom stereocenters. The van der Waals surface area contributed by atoms with E-state index in [4.69, 9.17) is 0 Å². The van der Waals surface area contributed by atoms with Gasteiger partial charge in [-0.15, -0.1) is 0 Å². The smallest absolute Gasteiger partial charge is 0.243 e. The van der Waals surface area contributed by atoms with Crippen molar-refractivity contribution in [3.63, 3.8) is 0 Å². The zero-order valence-electron chi connectivity index (χ0n) is 24.0. The number of likely N-dealkylation sites (tertiary alicyclic amines) is 1. The van der Waals surface area contributed by atoms with E-state index in [2.05, 4.69) is 57.3 Å². The van der Waals surface area contributed by atoms with Crippen molar-refractivity contribution in [2.75, 3.05) is 6.54 Å². The van der Waals surface area contributed by atoms with Gasteiger partial charge in [0.2, 0.25) is 11.8 Å². The van der Waals surface area contributed by atoms with Crippen molar-refractivity contribution in [3.05, 3.63) is 48.0 Å². The van der Waals surface area contributed by atoms with Crippen LogP contribution in [0.3, 0.4) is 0 Å². The van der Waals surface area contributed by atoms with Crippen LogP contribution in [0.4, 0.5) is 0 Å². The number of carbonyl (C=O) groups excluding carboxylic acids is 3. The molecule has 206 valence electrons. The molecule has 2 rings (SSSR count). The van der Waals surface area contributed by atoms with Crippen molar-refractivity contribution >= 4 is 17.6 Å². The second kappa shape index (κ2) is 15.7. The third-order valence-corrected chi connectivity index (χ3v) is 7.13. The fourth-order valence-electron chi connectivity index (χ4n) is 5.30. The molecule has 1 heterocycles. The van der Waals surface area contributed by atoms with Crippen molar-refractivity contribution in [1.29, 1.82) is 0 Å². The molecule has 0 radical (unpaired) electrons. The molecule has 2 amide bonds. The third kappa shape index (κ3) is 10.5. The average molecular weight is 511 g/mol. The van der Waals surface area contributed by atoms with Gasteiger partial charge in [-0.1, -0.05) is 96.9 Å². The van der Waals surface area contributed by atoms with E-state index in [1.54, 1.807) is 4.90 Å². The lowest BCUT2D eigenvalue weighted by molar-refractivity contribution is -0.141. The van der Waals surface area contributed by atoms with Crippen LogP contribution in [0.1, 0.15) is 92.1 Å². The molecule has 5 nitrogen and oxygen atoms in total. The minimum atomic E-state index is -0.511. The van der Waals surface area contributed by atoms with Gasteiger partial charge in [0, 0.05) is 13.0 Å². The van der Waals surface area contributed by atoms with Crippen LogP contribution in [-0.4, -0.2) is 41.1 Å². The van der Waals surface area contributed by atoms with E-state index in [0.29, 0.717) is 44.1 Å². The number of allylic oxidation sites excluding steroid dienone is 1. The number of ketones is 1. The summed E-state index contributed by atoms with van der Waals surface area (Å²) in [4.78, 5) is 41.9. The number of nitrogens with one attached hydrogen (secondary N) is 1. The second-order valence-electron chi connectivity index (χ2n) is 11.7. The van der Waals surface area contributed by atoms with Crippen LogP contribution in [-0.2, 0) is 20.8 Å². The van der Waals surface area contributed by atoms with Gasteiger partial charge in [-0.2, -0.15) is 0 Å². The number of rotatable bonds is 15. The number of Topliss-reactive ketones (excluding diaryl/α,β-unsaturated/α-hetero) is 1. The van der Waals surface area contributed by atoms with Gasteiger partial charge >= 0.3 is 0 Å². The predicted molar refractivity (Wildman–Crippen MR) is 152 cm³/mol. The summed E-state index contributed by atoms with van der Waals surface area (Å²) in [6.45, 7) is 13.3. The van der Waals surface area contributed by atoms with Crippen molar-refractivity contribution in [3.8, 4) is 0 Å². The molecule has 1 saturated heterocycles. The number of hydrogen-bond donors (Lipinski definition) is 1. The Morgan fingerprint density at radius 1 is 1.03 bits per heavy atom. The Morgan fingerprint density at radius 2 is 1.73 bits per heavy atom. The minimum absolute atomic E-state index is 0.00751. The predicted octanol–water partition coefficient (Wildman–Crippen LogP) is 6.36. The molecule has 0 bridgehead atoms. The van der Waals surface area contributed by atoms with Gasteiger partial charge in [-0.05, 0) is 55.4 Å². The average Bonchev–Trinajstić information content (AvgIpc) is 3.33. The molecule has 1 fully saturated rings. The van der Waals surface area contributed by atoms with E-state index < -0.39 is 12.1 Å². The number of amides is 2. The maximum Gasteiger partial charge on any atom is 0.243 e. The topological polar surface area (TPSA) is 66.5 Å². The summed E-state index contributed by atoms with van der Waals surface area (Å²) in [5.74, 6) is 0.832. The minimum Gasteiger partial charge on any atom is -0.345 e. The number of carbonyl (C=O) groups is 3. The standard InChI is InChI=1S/C32H50N2O3/c1-7-8-15-28(30(35)21-24(4)5)33-31(36)29-16-12-19-34(29)32(37)27(18-17-25(6)20-23(2)3)22-26-13-10-9-11-14-26/h9-11,13-14,17-18,23-25,27-29H,7-8,12,15-16,19-22H2,1-6H3,(H,33,36)/b18-17+/t25-,27-,28+,29+/m1/s1. The van der Waals surface area contributed by atoms with Gasteiger partial charge in [-0.25, -0.2) is 0 Å². The zero-order valence-corrected chi connectivity index (χ0v) is 24.0. The number of hydrogen-bond acceptors (Lipinski definition) is 3. The Labute approximate surface area is 225 Å². The number of benzene rings is 1. The summed E-state index contributed by atoms with van der Waals surface area (Å²) in [5.41, 5.74) is 1.11. The van der Waals surface area contributed by atoms with Crippen molar-refractivity contribution in [2.45, 2.75) is 105 Å². The van der Waals surface area contributed by atoms with Gasteiger partial charge < -0.3 is 10.2 Å². The molecule has 1 aliphatic heterocycles. The van der Waals surface area contributed by atoms with E-state index in [-0.39, 0.29) is 29.4 Å². The van der Waals surface area contributed by atoms with Crippen LogP contribution in [0.25, 0.3) is 0 Å². The zero-order chi connectivity index (χ0) is 27.4. The van der Waals surface area contributed by atoms with Crippen molar-refractivity contribution in [1.82, 2.24) is 10.2 Å². The summed E-state index contributed by atoms with van der Waals surface area (Å²) in [6, 6.07) is 9.11. The Balaban J connectivity index is 2.19. The molecule has 0 aliphatic carbocycles. The van der Waals surface area contributed by atoms with E-state index >= 15 is 0 Å². The SMILES string of the molecule is CCCC[C@H](NC(=O)[C@@H]1CCCN1C(=O)[C@H](/C=C/[C@@H](C)CC(C)C)Cc1ccccc1)C(=O)CC(C)C. The molecule has 1 aromatic rings. The highest BCUT2D eigenvalue weighted by atomic mass is 16.2. The first-order valence-corrected chi connectivity index (χ1v) is 14.5. The Kier molecular flexibility index (Phi) is 13.1. The quantitative estimate of drug-likeness (QED) is 0.279. The van der Waals surface area contributed by atoms with E-state index in [1.807, 2.05) is 32.0 Å². The molecule has 1 N–H and O–H groups in total. The Hall–Kier alpha value is -2.43. The van der Waals surface area contributed by atoms with Crippen LogP contribution >= 0.6 is 0 Å². The van der Waals surface area contributed by atoms with Gasteiger partial charge in [-0.3, -0.25) is 14.4 Å². The van der Waals surface area contributed by atoms with Crippen LogP contribution in [0.5, 0.6) is 0 Å². The molecule has 0 saturated carbocycles. The number of unbranched alkanes of at least 4 members (excludes halogenated alkanes) is 1. The first-order valence-electron chi connectivity index (χ1n) is 14.5. The molecule has 5 heteroatoms. The summed E-state index contributed by atoms with van der Waals surface area (Å²) in [6.07, 6.45) is 10.3. The first-order chi connectivity index (χ1) is 17.6. The normalized spacial score (nSPS) is 18.4. The van der Waals surface area contributed by atoms with Crippen LogP contribution in [0, 0.1) is 23.7 Å². The fraction of sp³-hybridized carbons (Fsp3) is 0.656. The fourth-order valence-corrected chi connectivity index (χ4v) is 5.30. The lowest BCUT2D eigenvalue weighted by Crippen LogP contribution is -2.52. The molecule has 0 spiro atoms. The molecule has 37 heavy (non-hydrogen) atoms. The van der Waals surface area contributed by atoms with Gasteiger partial charge in [0.1, 0.15) is 6.04 Å². The molecular formula is C32H50N2O3. The van der Waals surface area contributed by atoms with E-state index in [0.717, 1.165) is 31.2 Å². The molecule has 0 aromatic heterocycles. The summed E-state index contributed by atoms with van der Waals surface area (Å²) in [5, 5.41) is 3.04. The van der Waals surface area contributed by atoms with Gasteiger partial charge in [0.15, 0.2) is 5.78 Å². The molecule has 1 aliphatic rings. The monoisotopic (exact) mass is 510 g/mol. The highest BCUT2D eigenvalue weighted by Gasteiger charge is 2.37. The molecular weight excluding hydrogens is 460 g/mol. The largest absolute Gasteiger partial charge is 0.345 e. The Bertz CT molecular complexity index is 877. The van der Waals surface area contributed by atoms with Crippen molar-refractivity contribution < 1.29 is 14.4 Å². The summed E-state index contributed by atoms with van der Waals surface area (Å²) >= 11 is 0. The van der Waals surface area contributed by atoms with Crippen LogP contribution in [0.15, 0.2) is 42.5 Å². The van der Waals surface area contributed by atoms with Crippen LogP contribution in [0.2, 0.25) is 0 Å². The lowest BCUT2D eigenvalue weighted by atomic mass is 9.93. The summed E-state index contributed by atoms with van der Waals surface area (Å²) < 4.78 is 0. The molecule has 1 aromatic carbocycles. The second-order valence-corrected chi connectivity index (χ2v) is 11.7. The maximum absolute atomic E-state index is 13.9. The number of nitrogens with zero attached hydrogens (tertiary/aromatic N) is 1. The van der Waals surface area contributed by atoms with E-state index in [9.17, 15) is 14.4 Å². The lowest BCUT2D eigenvalue weighted by Gasteiger charge is -2.29. The van der Waals surface area contributed by atoms with Gasteiger partial charge in [0.25, 0.3) is 0 Å². The maximum atomic E-state index is 13.9.